The van der Waals surface area contributed by atoms with Crippen LogP contribution in [-0.4, -0.2) is 57.7 Å². The Kier molecular flexibility index (Phi) is 5.72. The van der Waals surface area contributed by atoms with Gasteiger partial charge in [-0.1, -0.05) is 12.1 Å². The molecule has 6 nitrogen and oxygen atoms in total. The average molecular weight is 344 g/mol. The molecule has 0 radical (unpaired) electrons. The lowest BCUT2D eigenvalue weighted by Crippen LogP contribution is -2.44. The molecule has 0 bridgehead atoms. The zero-order valence-electron chi connectivity index (χ0n) is 13.2. The molecule has 0 aromatic heterocycles. The zero-order chi connectivity index (χ0) is 17.0. The molecule has 0 aliphatic carbocycles. The van der Waals surface area contributed by atoms with Gasteiger partial charge in [0.15, 0.2) is 0 Å². The fourth-order valence-electron chi connectivity index (χ4n) is 2.39. The minimum absolute atomic E-state index is 0.0680. The Balaban J connectivity index is 1.93. The predicted octanol–water partition coefficient (Wildman–Crippen LogP) is 0.391. The van der Waals surface area contributed by atoms with Crippen LogP contribution in [0.3, 0.4) is 0 Å². The standard InChI is InChI=1S/C15H21FN2O4S/c1-18(2)23(20,21)10-12-8-22-9-14(12)17-15(19)7-11-3-5-13(16)6-4-11/h3-6,12,14H,7-10H2,1-2H3,(H,17,19)/t12-,14-/m0/s1. The van der Waals surface area contributed by atoms with Crippen LogP contribution in [0.2, 0.25) is 0 Å². The molecule has 1 aromatic carbocycles. The molecule has 1 aromatic rings. The molecular weight excluding hydrogens is 323 g/mol. The first-order chi connectivity index (χ1) is 10.8. The Morgan fingerprint density at radius 3 is 2.57 bits per heavy atom. The van der Waals surface area contributed by atoms with Crippen molar-refractivity contribution in [2.45, 2.75) is 12.5 Å². The van der Waals surface area contributed by atoms with Gasteiger partial charge in [-0.15, -0.1) is 0 Å². The molecule has 128 valence electrons. The van der Waals surface area contributed by atoms with Crippen LogP contribution in [0.25, 0.3) is 0 Å². The second kappa shape index (κ2) is 7.37. The van der Waals surface area contributed by atoms with Gasteiger partial charge in [-0.3, -0.25) is 4.79 Å². The van der Waals surface area contributed by atoms with E-state index in [1.54, 1.807) is 12.1 Å². The minimum Gasteiger partial charge on any atom is -0.379 e. The molecule has 2 atom stereocenters. The highest BCUT2D eigenvalue weighted by Gasteiger charge is 2.34. The zero-order valence-corrected chi connectivity index (χ0v) is 14.0. The van der Waals surface area contributed by atoms with E-state index >= 15 is 0 Å². The van der Waals surface area contributed by atoms with Crippen LogP contribution >= 0.6 is 0 Å². The number of ether oxygens (including phenoxy) is 1. The van der Waals surface area contributed by atoms with Crippen LogP contribution in [0.4, 0.5) is 4.39 Å². The van der Waals surface area contributed by atoms with E-state index in [1.807, 2.05) is 0 Å². The van der Waals surface area contributed by atoms with E-state index in [0.29, 0.717) is 18.8 Å². The smallest absolute Gasteiger partial charge is 0.224 e. The fourth-order valence-corrected chi connectivity index (χ4v) is 3.56. The highest BCUT2D eigenvalue weighted by molar-refractivity contribution is 7.89. The topological polar surface area (TPSA) is 75.7 Å². The number of carbonyl (C=O) groups is 1. The van der Waals surface area contributed by atoms with E-state index in [-0.39, 0.29) is 35.9 Å². The summed E-state index contributed by atoms with van der Waals surface area (Å²) in [6.07, 6.45) is 0.115. The first-order valence-corrected chi connectivity index (χ1v) is 8.90. The van der Waals surface area contributed by atoms with Gasteiger partial charge in [0.1, 0.15) is 5.82 Å². The Labute approximate surface area is 135 Å². The van der Waals surface area contributed by atoms with Crippen molar-refractivity contribution in [2.24, 2.45) is 5.92 Å². The summed E-state index contributed by atoms with van der Waals surface area (Å²) in [6.45, 7) is 0.595. The first-order valence-electron chi connectivity index (χ1n) is 7.29. The maximum Gasteiger partial charge on any atom is 0.224 e. The molecule has 1 N–H and O–H groups in total. The largest absolute Gasteiger partial charge is 0.379 e. The Morgan fingerprint density at radius 1 is 1.30 bits per heavy atom. The number of hydrogen-bond donors (Lipinski definition) is 1. The van der Waals surface area contributed by atoms with Crippen LogP contribution in [0.5, 0.6) is 0 Å². The van der Waals surface area contributed by atoms with Crippen molar-refractivity contribution in [1.29, 1.82) is 0 Å². The van der Waals surface area contributed by atoms with Gasteiger partial charge < -0.3 is 10.1 Å². The highest BCUT2D eigenvalue weighted by atomic mass is 32.2. The molecule has 0 saturated carbocycles. The molecule has 0 spiro atoms. The molecule has 23 heavy (non-hydrogen) atoms. The monoisotopic (exact) mass is 344 g/mol. The number of sulfonamides is 1. The lowest BCUT2D eigenvalue weighted by molar-refractivity contribution is -0.121. The Bertz CT molecular complexity index is 646. The lowest BCUT2D eigenvalue weighted by atomic mass is 10.1. The third-order valence-electron chi connectivity index (χ3n) is 3.80. The van der Waals surface area contributed by atoms with Gasteiger partial charge in [-0.25, -0.2) is 17.1 Å². The van der Waals surface area contributed by atoms with Gasteiger partial charge in [-0.05, 0) is 17.7 Å². The normalized spacial score (nSPS) is 21.6. The van der Waals surface area contributed by atoms with Gasteiger partial charge in [0.05, 0.1) is 31.4 Å². The molecule has 1 amide bonds. The number of rotatable bonds is 6. The summed E-state index contributed by atoms with van der Waals surface area (Å²) < 4.78 is 43.3. The van der Waals surface area contributed by atoms with Crippen molar-refractivity contribution >= 4 is 15.9 Å². The minimum atomic E-state index is -3.35. The summed E-state index contributed by atoms with van der Waals surface area (Å²) in [5, 5.41) is 2.81. The SMILES string of the molecule is CN(C)S(=O)(=O)C[C@@H]1COC[C@@H]1NC(=O)Cc1ccc(F)cc1. The summed E-state index contributed by atoms with van der Waals surface area (Å²) in [7, 11) is -0.395. The maximum absolute atomic E-state index is 12.8. The third-order valence-corrected chi connectivity index (χ3v) is 5.77. The first kappa shape index (κ1) is 17.8. The molecule has 2 rings (SSSR count). The second-order valence-corrected chi connectivity index (χ2v) is 8.06. The van der Waals surface area contributed by atoms with Crippen molar-refractivity contribution in [3.63, 3.8) is 0 Å². The number of amides is 1. The molecule has 1 aliphatic rings. The Morgan fingerprint density at radius 2 is 1.96 bits per heavy atom. The second-order valence-electron chi connectivity index (χ2n) is 5.84. The third kappa shape index (κ3) is 4.98. The quantitative estimate of drug-likeness (QED) is 0.810. The molecule has 1 fully saturated rings. The molecule has 8 heteroatoms. The van der Waals surface area contributed by atoms with Crippen LogP contribution in [0.15, 0.2) is 24.3 Å². The van der Waals surface area contributed by atoms with Crippen LogP contribution in [0.1, 0.15) is 5.56 Å². The van der Waals surface area contributed by atoms with E-state index in [4.69, 9.17) is 4.74 Å². The fraction of sp³-hybridized carbons (Fsp3) is 0.533. The van der Waals surface area contributed by atoms with Gasteiger partial charge in [0.25, 0.3) is 0 Å². The molecular formula is C15H21FN2O4S. The van der Waals surface area contributed by atoms with E-state index in [9.17, 15) is 17.6 Å². The van der Waals surface area contributed by atoms with Gasteiger partial charge in [-0.2, -0.15) is 0 Å². The number of carbonyl (C=O) groups excluding carboxylic acids is 1. The van der Waals surface area contributed by atoms with Crippen LogP contribution < -0.4 is 5.32 Å². The van der Waals surface area contributed by atoms with Crippen LogP contribution in [-0.2, 0) is 26.0 Å². The van der Waals surface area contributed by atoms with E-state index in [1.165, 1.54) is 30.5 Å². The van der Waals surface area contributed by atoms with Crippen molar-refractivity contribution < 1.29 is 22.3 Å². The Hall–Kier alpha value is -1.51. The van der Waals surface area contributed by atoms with Crippen molar-refractivity contribution in [3.8, 4) is 0 Å². The molecule has 0 unspecified atom stereocenters. The van der Waals surface area contributed by atoms with E-state index in [2.05, 4.69) is 5.32 Å². The number of benzene rings is 1. The molecule has 1 heterocycles. The summed E-state index contributed by atoms with van der Waals surface area (Å²) in [5.41, 5.74) is 0.695. The summed E-state index contributed by atoms with van der Waals surface area (Å²) >= 11 is 0. The van der Waals surface area contributed by atoms with Gasteiger partial charge >= 0.3 is 0 Å². The lowest BCUT2D eigenvalue weighted by Gasteiger charge is -2.21. The number of nitrogens with one attached hydrogen (secondary N) is 1. The van der Waals surface area contributed by atoms with Gasteiger partial charge in [0.2, 0.25) is 15.9 Å². The number of nitrogens with zero attached hydrogens (tertiary/aromatic N) is 1. The highest BCUT2D eigenvalue weighted by Crippen LogP contribution is 2.17. The molecule has 1 saturated heterocycles. The van der Waals surface area contributed by atoms with Crippen molar-refractivity contribution in [1.82, 2.24) is 9.62 Å². The van der Waals surface area contributed by atoms with Crippen LogP contribution in [0, 0.1) is 11.7 Å². The number of halogens is 1. The van der Waals surface area contributed by atoms with Crippen molar-refractivity contribution in [3.05, 3.63) is 35.6 Å². The predicted molar refractivity (Wildman–Crippen MR) is 83.8 cm³/mol. The summed E-state index contributed by atoms with van der Waals surface area (Å²) in [5.74, 6) is -0.937. The number of hydrogen-bond acceptors (Lipinski definition) is 4. The van der Waals surface area contributed by atoms with Crippen molar-refractivity contribution in [2.75, 3.05) is 33.1 Å². The van der Waals surface area contributed by atoms with Gasteiger partial charge in [0, 0.05) is 20.0 Å². The summed E-state index contributed by atoms with van der Waals surface area (Å²) in [4.78, 5) is 12.1. The molecule has 1 aliphatic heterocycles. The maximum atomic E-state index is 12.8. The summed E-state index contributed by atoms with van der Waals surface area (Å²) in [6, 6.07) is 5.36. The van der Waals surface area contributed by atoms with E-state index in [0.717, 1.165) is 0 Å². The average Bonchev–Trinajstić information content (AvgIpc) is 2.87. The van der Waals surface area contributed by atoms with E-state index < -0.39 is 10.0 Å².